The minimum atomic E-state index is -1.17. The number of urea groups is 1. The third kappa shape index (κ3) is 27000. The van der Waals surface area contributed by atoms with Gasteiger partial charge in [-0.25, -0.2) is 4.79 Å². The smallest absolute Gasteiger partial charge is 0.309 e. The van der Waals surface area contributed by atoms with Crippen molar-refractivity contribution in [1.29, 1.82) is 0 Å². The third-order valence-electron chi connectivity index (χ3n) is 0.224. The molecule has 0 aromatic rings. The average Bonchev–Trinajstić information content (AvgIpc) is 1.85. The molecule has 0 saturated heterocycles. The first-order chi connectivity index (χ1) is 5.38. The quantitative estimate of drug-likeness (QED) is 0.324. The lowest BCUT2D eigenvalue weighted by atomic mass is 10.5. The van der Waals surface area contributed by atoms with Crippen LogP contribution >= 0.6 is 0 Å². The van der Waals surface area contributed by atoms with Gasteiger partial charge >= 0.3 is 6.03 Å². The molecular formula is C6H18N2O4. The highest BCUT2D eigenvalue weighted by Crippen LogP contribution is 1.61. The Morgan fingerprint density at radius 1 is 1.42 bits per heavy atom. The molecule has 0 aliphatic rings. The summed E-state index contributed by atoms with van der Waals surface area (Å²) in [7, 11) is 0. The van der Waals surface area contributed by atoms with Gasteiger partial charge in [-0.05, 0) is 13.3 Å². The second-order valence-corrected chi connectivity index (χ2v) is 1.76. The molecule has 0 atom stereocenters. The number of hydrogen-bond donors (Lipinski definition) is 5. The van der Waals surface area contributed by atoms with Gasteiger partial charge in [-0.2, -0.15) is 0 Å². The molecule has 0 aliphatic heterocycles. The van der Waals surface area contributed by atoms with Gasteiger partial charge in [0.2, 0.25) is 0 Å². The summed E-state index contributed by atoms with van der Waals surface area (Å²) in [5, 5.41) is 23.1. The Bertz CT molecular complexity index is 78.9. The van der Waals surface area contributed by atoms with Crippen molar-refractivity contribution in [1.82, 2.24) is 0 Å². The van der Waals surface area contributed by atoms with Crippen LogP contribution in [0, 0.1) is 0 Å². The van der Waals surface area contributed by atoms with Gasteiger partial charge in [0.1, 0.15) is 6.29 Å². The van der Waals surface area contributed by atoms with Crippen molar-refractivity contribution in [2.24, 2.45) is 11.5 Å². The Morgan fingerprint density at radius 3 is 1.50 bits per heavy atom. The number of carbonyl (C=O) groups is 1. The predicted octanol–water partition coefficient (Wildman–Crippen LogP) is -1.27. The molecule has 0 spiro atoms. The first-order valence-corrected chi connectivity index (χ1v) is 3.40. The van der Waals surface area contributed by atoms with E-state index in [1.807, 2.05) is 6.92 Å². The molecule has 7 N–H and O–H groups in total. The zero-order valence-corrected chi connectivity index (χ0v) is 7.40. The summed E-state index contributed by atoms with van der Waals surface area (Å²) in [6, 6.07) is -0.833. The molecule has 0 unspecified atom stereocenters. The summed E-state index contributed by atoms with van der Waals surface area (Å²) in [6.07, 6.45) is -0.292. The van der Waals surface area contributed by atoms with Crippen LogP contribution in [0.5, 0.6) is 0 Å². The average molecular weight is 182 g/mol. The van der Waals surface area contributed by atoms with E-state index in [1.54, 1.807) is 0 Å². The number of aliphatic hydroxyl groups excluding tert-OH is 2. The zero-order chi connectivity index (χ0) is 10.6. The first-order valence-electron chi connectivity index (χ1n) is 3.40. The maximum atomic E-state index is 9.00. The van der Waals surface area contributed by atoms with Crippen LogP contribution in [-0.2, 0) is 0 Å². The van der Waals surface area contributed by atoms with E-state index in [4.69, 9.17) is 20.1 Å². The van der Waals surface area contributed by atoms with Gasteiger partial charge in [0.05, 0.1) is 0 Å². The molecule has 0 saturated carbocycles. The van der Waals surface area contributed by atoms with Crippen LogP contribution in [0.1, 0.15) is 20.3 Å². The van der Waals surface area contributed by atoms with E-state index >= 15 is 0 Å². The molecule has 0 aromatic heterocycles. The number of primary amides is 2. The van der Waals surface area contributed by atoms with E-state index in [0.29, 0.717) is 6.61 Å². The van der Waals surface area contributed by atoms with Crippen LogP contribution in [0.25, 0.3) is 0 Å². The summed E-state index contributed by atoms with van der Waals surface area (Å²) >= 11 is 0. The lowest BCUT2D eigenvalue weighted by molar-refractivity contribution is -0.0228. The molecule has 6 heteroatoms. The largest absolute Gasteiger partial charge is 0.396 e. The van der Waals surface area contributed by atoms with Crippen LogP contribution in [0.15, 0.2) is 0 Å². The van der Waals surface area contributed by atoms with Crippen molar-refractivity contribution in [2.75, 3.05) is 6.61 Å². The topological polar surface area (TPSA) is 130 Å². The van der Waals surface area contributed by atoms with Gasteiger partial charge in [0.25, 0.3) is 0 Å². The number of hydrogen-bond acceptors (Lipinski definition) is 4. The normalized spacial score (nSPS) is 7.50. The zero-order valence-electron chi connectivity index (χ0n) is 7.40. The highest BCUT2D eigenvalue weighted by atomic mass is 16.5. The fourth-order valence-electron chi connectivity index (χ4n) is 0. The maximum Gasteiger partial charge on any atom is 0.309 e. The number of carbonyl (C=O) groups excluding carboxylic acids is 1. The fourth-order valence-corrected chi connectivity index (χ4v) is 0. The highest BCUT2D eigenvalue weighted by molar-refractivity contribution is 5.69. The van der Waals surface area contributed by atoms with Gasteiger partial charge in [-0.1, -0.05) is 6.92 Å². The van der Waals surface area contributed by atoms with Crippen molar-refractivity contribution in [2.45, 2.75) is 26.6 Å². The molecule has 0 fully saturated rings. The van der Waals surface area contributed by atoms with Gasteiger partial charge in [0, 0.05) is 6.61 Å². The minimum absolute atomic E-state index is 0.319. The second-order valence-electron chi connectivity index (χ2n) is 1.76. The van der Waals surface area contributed by atoms with E-state index in [0.717, 1.165) is 6.42 Å². The van der Waals surface area contributed by atoms with Crippen molar-refractivity contribution in [3.63, 3.8) is 0 Å². The molecule has 76 valence electrons. The second kappa shape index (κ2) is 16.6. The molecule has 0 aliphatic carbocycles. The number of nitrogens with two attached hydrogens (primary N) is 2. The molecule has 0 aromatic carbocycles. The number of aliphatic hydroxyl groups is 3. The van der Waals surface area contributed by atoms with E-state index in [-0.39, 0.29) is 0 Å². The Morgan fingerprint density at radius 2 is 1.50 bits per heavy atom. The summed E-state index contributed by atoms with van der Waals surface area (Å²) in [5.41, 5.74) is 8.50. The van der Waals surface area contributed by atoms with Gasteiger partial charge in [-0.3, -0.25) is 0 Å². The monoisotopic (exact) mass is 182 g/mol. The van der Waals surface area contributed by atoms with E-state index in [2.05, 4.69) is 11.5 Å². The Kier molecular flexibility index (Phi) is 24.0. The fraction of sp³-hybridized carbons (Fsp3) is 0.833. The van der Waals surface area contributed by atoms with Crippen LogP contribution in [-0.4, -0.2) is 34.2 Å². The standard InChI is InChI=1S/C3H8O.C2H6O2.CH4N2O/c1-2-3-4;1-2(3)4;2-1(3)4/h4H,2-3H2,1H3;2-4H,1H3;(H4,2,3,4). The number of rotatable bonds is 1. The van der Waals surface area contributed by atoms with Crippen LogP contribution in [0.3, 0.4) is 0 Å². The third-order valence-corrected chi connectivity index (χ3v) is 0.224. The van der Waals surface area contributed by atoms with Crippen LogP contribution < -0.4 is 11.5 Å². The Balaban J connectivity index is -0.000000101. The summed E-state index contributed by atoms with van der Waals surface area (Å²) < 4.78 is 0. The number of amides is 2. The van der Waals surface area contributed by atoms with E-state index in [1.165, 1.54) is 6.92 Å². The highest BCUT2D eigenvalue weighted by Gasteiger charge is 1.70. The maximum absolute atomic E-state index is 9.00. The molecule has 0 bridgehead atoms. The molecule has 0 heterocycles. The molecule has 2 amide bonds. The van der Waals surface area contributed by atoms with Gasteiger partial charge < -0.3 is 26.8 Å². The van der Waals surface area contributed by atoms with Crippen molar-refractivity contribution in [3.05, 3.63) is 0 Å². The minimum Gasteiger partial charge on any atom is -0.396 e. The van der Waals surface area contributed by atoms with Crippen molar-refractivity contribution < 1.29 is 20.1 Å². The molecule has 0 rings (SSSR count). The SMILES string of the molecule is CC(O)O.CCCO.NC(N)=O. The van der Waals surface area contributed by atoms with Crippen molar-refractivity contribution >= 4 is 6.03 Å². The molecule has 6 nitrogen and oxygen atoms in total. The predicted molar refractivity (Wildman–Crippen MR) is 45.0 cm³/mol. The molecule has 0 radical (unpaired) electrons. The molecular weight excluding hydrogens is 164 g/mol. The Labute approximate surface area is 71.8 Å². The summed E-state index contributed by atoms with van der Waals surface area (Å²) in [4.78, 5) is 9.00. The van der Waals surface area contributed by atoms with Crippen molar-refractivity contribution in [3.8, 4) is 0 Å². The summed E-state index contributed by atoms with van der Waals surface area (Å²) in [5.74, 6) is 0. The van der Waals surface area contributed by atoms with Crippen LogP contribution in [0.4, 0.5) is 4.79 Å². The molecule has 12 heavy (non-hydrogen) atoms. The first kappa shape index (κ1) is 17.3. The van der Waals surface area contributed by atoms with Gasteiger partial charge in [0.15, 0.2) is 0 Å². The van der Waals surface area contributed by atoms with E-state index in [9.17, 15) is 0 Å². The summed E-state index contributed by atoms with van der Waals surface area (Å²) in [6.45, 7) is 3.53. The lowest BCUT2D eigenvalue weighted by Gasteiger charge is -1.80. The van der Waals surface area contributed by atoms with Gasteiger partial charge in [-0.15, -0.1) is 0 Å². The Hall–Kier alpha value is -0.850. The van der Waals surface area contributed by atoms with E-state index < -0.39 is 12.3 Å². The van der Waals surface area contributed by atoms with Crippen LogP contribution in [0.2, 0.25) is 0 Å². The lowest BCUT2D eigenvalue weighted by Crippen LogP contribution is -2.18.